The van der Waals surface area contributed by atoms with Gasteiger partial charge in [-0.2, -0.15) is 36.4 Å². The van der Waals surface area contributed by atoms with E-state index in [2.05, 4.69) is 16.7 Å². The van der Waals surface area contributed by atoms with E-state index in [-0.39, 0.29) is 46.5 Å². The number of nitrogens with zero attached hydrogens (tertiary/aromatic N) is 1. The van der Waals surface area contributed by atoms with Gasteiger partial charge in [-0.25, -0.2) is 0 Å². The molecule has 1 fully saturated rings. The summed E-state index contributed by atoms with van der Waals surface area (Å²) < 4.78 is 0. The minimum atomic E-state index is 0. The van der Waals surface area contributed by atoms with Crippen LogP contribution >= 0.6 is 24.8 Å². The zero-order chi connectivity index (χ0) is 8.49. The van der Waals surface area contributed by atoms with E-state index in [4.69, 9.17) is 0 Å². The van der Waals surface area contributed by atoms with Crippen LogP contribution in [-0.2, 0) is 21.7 Å². The second-order valence-corrected chi connectivity index (χ2v) is 2.50. The first kappa shape index (κ1) is 20.8. The summed E-state index contributed by atoms with van der Waals surface area (Å²) in [5.74, 6) is 0. The van der Waals surface area contributed by atoms with E-state index in [1.165, 1.54) is 0 Å². The Balaban J connectivity index is -0.000000160. The summed E-state index contributed by atoms with van der Waals surface area (Å²) in [5.41, 5.74) is 0. The van der Waals surface area contributed by atoms with E-state index in [0.717, 1.165) is 26.2 Å². The summed E-state index contributed by atoms with van der Waals surface area (Å²) >= 11 is 0. The van der Waals surface area contributed by atoms with E-state index in [1.54, 1.807) is 0 Å². The molecule has 0 amide bonds. The Morgan fingerprint density at radius 1 is 0.933 bits per heavy atom. The second kappa shape index (κ2) is 16.8. The van der Waals surface area contributed by atoms with Crippen molar-refractivity contribution in [1.82, 2.24) is 5.32 Å². The summed E-state index contributed by atoms with van der Waals surface area (Å²) in [6.45, 7) is 4.19. The predicted molar refractivity (Wildman–Crippen MR) is 65.7 cm³/mol. The Morgan fingerprint density at radius 2 is 1.47 bits per heavy atom. The van der Waals surface area contributed by atoms with E-state index >= 15 is 0 Å². The largest absolute Gasteiger partial charge is 2.00 e. The van der Waals surface area contributed by atoms with Crippen molar-refractivity contribution >= 4 is 24.8 Å². The molecule has 1 N–H and O–H groups in total. The first-order valence-electron chi connectivity index (χ1n) is 4.25. The smallest absolute Gasteiger partial charge is 0.660 e. The number of piperazine rings is 1. The third-order valence-electron chi connectivity index (χ3n) is 1.50. The third-order valence-corrected chi connectivity index (χ3v) is 1.50. The first-order valence-corrected chi connectivity index (χ1v) is 4.25. The molecule has 0 saturated carbocycles. The minimum absolute atomic E-state index is 0. The summed E-state index contributed by atoms with van der Waals surface area (Å²) in [7, 11) is 0. The molecule has 0 aliphatic carbocycles. The molecular weight excluding hydrogens is 267 g/mol. The Morgan fingerprint density at radius 3 is 1.60 bits per heavy atom. The average Bonchev–Trinajstić information content (AvgIpc) is 2.24. The standard InChI is InChI=1S/C6H5.C4H9N2.2ClH.Ti/c1-2-4-6-5-3-1;1-2-6-4-3-5-1;;;/h1-5H;5H,1-4H2;2*1H;/q2*-1;;;+2. The van der Waals surface area contributed by atoms with Crippen LogP contribution in [0.3, 0.4) is 0 Å². The molecule has 84 valence electrons. The number of halogens is 2. The van der Waals surface area contributed by atoms with Gasteiger partial charge in [-0.05, 0) is 13.1 Å². The van der Waals surface area contributed by atoms with Gasteiger partial charge >= 0.3 is 21.7 Å². The maximum absolute atomic E-state index is 4.11. The summed E-state index contributed by atoms with van der Waals surface area (Å²) in [5, 5.41) is 7.31. The molecule has 5 heteroatoms. The van der Waals surface area contributed by atoms with E-state index < -0.39 is 0 Å². The van der Waals surface area contributed by atoms with Crippen molar-refractivity contribution in [3.8, 4) is 0 Å². The molecule has 0 bridgehead atoms. The molecule has 0 radical (unpaired) electrons. The van der Waals surface area contributed by atoms with E-state index in [9.17, 15) is 0 Å². The molecule has 1 aliphatic rings. The van der Waals surface area contributed by atoms with Crippen LogP contribution in [0.5, 0.6) is 0 Å². The van der Waals surface area contributed by atoms with Gasteiger partial charge in [-0.1, -0.05) is 0 Å². The zero-order valence-electron chi connectivity index (χ0n) is 8.48. The fourth-order valence-corrected chi connectivity index (χ4v) is 0.895. The first-order chi connectivity index (χ1) is 6.00. The van der Waals surface area contributed by atoms with Crippen molar-refractivity contribution in [1.29, 1.82) is 0 Å². The van der Waals surface area contributed by atoms with Crippen molar-refractivity contribution in [2.45, 2.75) is 0 Å². The monoisotopic (exact) mass is 282 g/mol. The molecule has 0 aromatic heterocycles. The van der Waals surface area contributed by atoms with Crippen LogP contribution in [0.4, 0.5) is 0 Å². The summed E-state index contributed by atoms with van der Waals surface area (Å²) in [6, 6.07) is 12.5. The second-order valence-electron chi connectivity index (χ2n) is 2.50. The van der Waals surface area contributed by atoms with Crippen LogP contribution in [-0.4, -0.2) is 26.2 Å². The van der Waals surface area contributed by atoms with Gasteiger partial charge in [0.2, 0.25) is 0 Å². The van der Waals surface area contributed by atoms with Crippen LogP contribution in [0.25, 0.3) is 5.32 Å². The molecule has 2 rings (SSSR count). The van der Waals surface area contributed by atoms with Crippen molar-refractivity contribution in [2.75, 3.05) is 26.2 Å². The molecule has 2 nitrogen and oxygen atoms in total. The van der Waals surface area contributed by atoms with Gasteiger partial charge in [-0.3, -0.25) is 0 Å². The van der Waals surface area contributed by atoms with Crippen molar-refractivity contribution in [3.05, 3.63) is 41.7 Å². The van der Waals surface area contributed by atoms with Crippen molar-refractivity contribution in [3.63, 3.8) is 0 Å². The maximum atomic E-state index is 4.11. The number of benzene rings is 1. The third kappa shape index (κ3) is 14.4. The van der Waals surface area contributed by atoms with Crippen LogP contribution in [0.1, 0.15) is 0 Å². The zero-order valence-corrected chi connectivity index (χ0v) is 11.7. The Kier molecular flexibility index (Phi) is 23.4. The number of rotatable bonds is 0. The summed E-state index contributed by atoms with van der Waals surface area (Å²) in [6.07, 6.45) is 0. The van der Waals surface area contributed by atoms with Crippen molar-refractivity contribution < 1.29 is 21.7 Å². The Hall–Kier alpha value is 0.434. The van der Waals surface area contributed by atoms with Gasteiger partial charge < -0.3 is 10.6 Å². The van der Waals surface area contributed by atoms with Gasteiger partial charge in [0.15, 0.2) is 0 Å². The number of hydrogen-bond acceptors (Lipinski definition) is 1. The Bertz CT molecular complexity index is 146. The molecule has 0 spiro atoms. The normalized spacial score (nSPS) is 12.8. The molecule has 0 unspecified atom stereocenters. The topological polar surface area (TPSA) is 26.1 Å². The molecular formula is C10H16Cl2N2Ti. The average molecular weight is 283 g/mol. The minimum Gasteiger partial charge on any atom is -0.660 e. The van der Waals surface area contributed by atoms with Gasteiger partial charge in [0.1, 0.15) is 0 Å². The van der Waals surface area contributed by atoms with Gasteiger partial charge in [0.05, 0.1) is 0 Å². The van der Waals surface area contributed by atoms with Crippen LogP contribution in [0.2, 0.25) is 0 Å². The van der Waals surface area contributed by atoms with Gasteiger partial charge in [0.25, 0.3) is 0 Å². The van der Waals surface area contributed by atoms with Gasteiger partial charge in [-0.15, -0.1) is 37.9 Å². The molecule has 1 saturated heterocycles. The Labute approximate surface area is 119 Å². The van der Waals surface area contributed by atoms with Crippen LogP contribution in [0.15, 0.2) is 30.3 Å². The fraction of sp³-hybridized carbons (Fsp3) is 0.400. The summed E-state index contributed by atoms with van der Waals surface area (Å²) in [4.78, 5) is 0. The van der Waals surface area contributed by atoms with E-state index in [1.807, 2.05) is 30.3 Å². The van der Waals surface area contributed by atoms with Crippen molar-refractivity contribution in [2.24, 2.45) is 0 Å². The van der Waals surface area contributed by atoms with Crippen LogP contribution < -0.4 is 5.32 Å². The molecule has 1 aromatic rings. The molecule has 15 heavy (non-hydrogen) atoms. The molecule has 1 aliphatic heterocycles. The molecule has 0 atom stereocenters. The fourth-order valence-electron chi connectivity index (χ4n) is 0.895. The van der Waals surface area contributed by atoms with E-state index in [0.29, 0.717) is 0 Å². The van der Waals surface area contributed by atoms with Crippen LogP contribution in [0, 0.1) is 6.07 Å². The maximum Gasteiger partial charge on any atom is 2.00 e. The molecule has 1 aromatic carbocycles. The number of hydrogen-bond donors (Lipinski definition) is 1. The molecule has 1 heterocycles. The predicted octanol–water partition coefficient (Wildman–Crippen LogP) is 2.29. The number of nitrogens with one attached hydrogen (secondary N) is 1. The van der Waals surface area contributed by atoms with Gasteiger partial charge in [0, 0.05) is 0 Å². The SMILES string of the molecule is C1CNCC[N-]1.Cl.Cl.[Ti+2].[c-]1ccccc1. The quantitative estimate of drug-likeness (QED) is 0.574.